The maximum Gasteiger partial charge on any atom is 0.223 e. The van der Waals surface area contributed by atoms with Crippen molar-refractivity contribution in [2.45, 2.75) is 58.5 Å². The van der Waals surface area contributed by atoms with Crippen LogP contribution in [-0.2, 0) is 0 Å². The maximum absolute atomic E-state index is 5.32. The number of H-pyrrole nitrogens is 1. The molecule has 33 heavy (non-hydrogen) atoms. The van der Waals surface area contributed by atoms with E-state index in [0.29, 0.717) is 18.0 Å². The molecule has 0 aromatic carbocycles. The van der Waals surface area contributed by atoms with E-state index in [2.05, 4.69) is 38.3 Å². The molecule has 1 aliphatic heterocycles. The Morgan fingerprint density at radius 3 is 2.67 bits per heavy atom. The van der Waals surface area contributed by atoms with Crippen LogP contribution in [-0.4, -0.2) is 55.2 Å². The van der Waals surface area contributed by atoms with E-state index in [9.17, 15) is 0 Å². The number of hydrogen-bond donors (Lipinski definition) is 2. The lowest BCUT2D eigenvalue weighted by molar-refractivity contribution is 0.140. The monoisotopic (exact) mass is 443 g/mol. The van der Waals surface area contributed by atoms with E-state index in [1.807, 2.05) is 32.3 Å². The highest BCUT2D eigenvalue weighted by atomic mass is 16.5. The van der Waals surface area contributed by atoms with E-state index in [-0.39, 0.29) is 0 Å². The molecule has 4 aromatic heterocycles. The molecule has 5 heterocycles. The number of nitrogens with one attached hydrogen (secondary N) is 2. The van der Waals surface area contributed by atoms with Crippen LogP contribution >= 0.6 is 0 Å². The Bertz CT molecular complexity index is 1300. The number of anilines is 1. The van der Waals surface area contributed by atoms with Crippen molar-refractivity contribution in [3.05, 3.63) is 41.5 Å². The minimum atomic E-state index is 0.431. The summed E-state index contributed by atoms with van der Waals surface area (Å²) in [7, 11) is 0. The standard InChI is InChI=1S/C25H29N7O/c1-14-12-27-25(29-19-8-9-21(19)32-10-4-5-11-32)30-23(14)18-13-26-24-17(18)6-7-20(28-24)22-15(2)31-33-16(22)3/h6-7,12-13,19,21H,4-5,8-11H2,1-3H3,(H,26,28)(H,27,29,30)/t19?,21-/m0/s1. The predicted octanol–water partition coefficient (Wildman–Crippen LogP) is 4.64. The van der Waals surface area contributed by atoms with Gasteiger partial charge in [-0.1, -0.05) is 5.16 Å². The van der Waals surface area contributed by atoms with E-state index in [1.165, 1.54) is 38.8 Å². The van der Waals surface area contributed by atoms with E-state index < -0.39 is 0 Å². The van der Waals surface area contributed by atoms with Crippen molar-refractivity contribution in [1.82, 2.24) is 30.0 Å². The fourth-order valence-corrected chi connectivity index (χ4v) is 5.30. The maximum atomic E-state index is 5.32. The van der Waals surface area contributed by atoms with Crippen LogP contribution in [0, 0.1) is 20.8 Å². The Morgan fingerprint density at radius 2 is 1.94 bits per heavy atom. The zero-order valence-electron chi connectivity index (χ0n) is 19.4. The van der Waals surface area contributed by atoms with Crippen LogP contribution in [0.15, 0.2) is 29.0 Å². The van der Waals surface area contributed by atoms with Crippen molar-refractivity contribution < 1.29 is 4.52 Å². The van der Waals surface area contributed by atoms with Crippen molar-refractivity contribution in [2.24, 2.45) is 0 Å². The highest BCUT2D eigenvalue weighted by Crippen LogP contribution is 2.34. The van der Waals surface area contributed by atoms with E-state index in [1.54, 1.807) is 0 Å². The lowest BCUT2D eigenvalue weighted by atomic mass is 9.85. The van der Waals surface area contributed by atoms with Gasteiger partial charge in [0.1, 0.15) is 11.4 Å². The first kappa shape index (κ1) is 20.4. The summed E-state index contributed by atoms with van der Waals surface area (Å²) in [6, 6.07) is 5.16. The van der Waals surface area contributed by atoms with Gasteiger partial charge in [-0.2, -0.15) is 0 Å². The van der Waals surface area contributed by atoms with Gasteiger partial charge in [0.25, 0.3) is 0 Å². The molecule has 0 amide bonds. The Morgan fingerprint density at radius 1 is 1.09 bits per heavy atom. The van der Waals surface area contributed by atoms with Crippen molar-refractivity contribution in [3.63, 3.8) is 0 Å². The molecule has 2 fully saturated rings. The van der Waals surface area contributed by atoms with E-state index in [0.717, 1.165) is 50.6 Å². The highest BCUT2D eigenvalue weighted by Gasteiger charge is 2.37. The van der Waals surface area contributed by atoms with Crippen molar-refractivity contribution in [3.8, 4) is 22.5 Å². The number of hydrogen-bond acceptors (Lipinski definition) is 7. The molecule has 2 aliphatic rings. The second-order valence-corrected chi connectivity index (χ2v) is 9.36. The quantitative estimate of drug-likeness (QED) is 0.464. The number of aromatic amines is 1. The third kappa shape index (κ3) is 3.49. The average molecular weight is 444 g/mol. The van der Waals surface area contributed by atoms with Gasteiger partial charge in [0.2, 0.25) is 5.95 Å². The number of pyridine rings is 1. The minimum Gasteiger partial charge on any atom is -0.361 e. The van der Waals surface area contributed by atoms with Crippen LogP contribution in [0.3, 0.4) is 0 Å². The summed E-state index contributed by atoms with van der Waals surface area (Å²) in [4.78, 5) is 20.3. The fourth-order valence-electron chi connectivity index (χ4n) is 5.30. The molecule has 4 aromatic rings. The molecule has 0 spiro atoms. The summed E-state index contributed by atoms with van der Waals surface area (Å²) in [6.45, 7) is 8.35. The smallest absolute Gasteiger partial charge is 0.223 e. The minimum absolute atomic E-state index is 0.431. The van der Waals surface area contributed by atoms with Gasteiger partial charge in [-0.05, 0) is 77.2 Å². The van der Waals surface area contributed by atoms with Crippen LogP contribution in [0.25, 0.3) is 33.5 Å². The molecule has 2 atom stereocenters. The zero-order valence-corrected chi connectivity index (χ0v) is 19.4. The molecular formula is C25H29N7O. The Balaban J connectivity index is 1.30. The SMILES string of the molecule is Cc1cnc(NC2CC[C@@H]2N2CCCC2)nc1-c1c[nH]c2nc(-c3c(C)noc3C)ccc12. The molecule has 1 unspecified atom stereocenters. The van der Waals surface area contributed by atoms with Gasteiger partial charge in [0.05, 0.1) is 22.6 Å². The van der Waals surface area contributed by atoms with Crippen LogP contribution in [0.4, 0.5) is 5.95 Å². The Hall–Kier alpha value is -3.26. The van der Waals surface area contributed by atoms with Crippen molar-refractivity contribution in [1.29, 1.82) is 0 Å². The van der Waals surface area contributed by atoms with Gasteiger partial charge in [0.15, 0.2) is 0 Å². The van der Waals surface area contributed by atoms with Gasteiger partial charge in [0, 0.05) is 35.4 Å². The summed E-state index contributed by atoms with van der Waals surface area (Å²) in [5, 5.41) is 8.72. The third-order valence-corrected chi connectivity index (χ3v) is 7.22. The van der Waals surface area contributed by atoms with Crippen LogP contribution in [0.1, 0.15) is 42.7 Å². The Kier molecular flexibility index (Phi) is 4.90. The number of rotatable bonds is 5. The number of aryl methyl sites for hydroxylation is 3. The molecule has 170 valence electrons. The number of aromatic nitrogens is 5. The molecule has 1 saturated carbocycles. The summed E-state index contributed by atoms with van der Waals surface area (Å²) in [6.07, 6.45) is 8.98. The molecular weight excluding hydrogens is 414 g/mol. The lowest BCUT2D eigenvalue weighted by Gasteiger charge is -2.43. The normalized spacial score (nSPS) is 20.9. The topological polar surface area (TPSA) is 95.8 Å². The molecule has 1 aliphatic carbocycles. The lowest BCUT2D eigenvalue weighted by Crippen LogP contribution is -2.53. The van der Waals surface area contributed by atoms with Crippen molar-refractivity contribution >= 4 is 17.0 Å². The summed E-state index contributed by atoms with van der Waals surface area (Å²) < 4.78 is 5.32. The van der Waals surface area contributed by atoms with Crippen LogP contribution < -0.4 is 5.32 Å². The van der Waals surface area contributed by atoms with Gasteiger partial charge < -0.3 is 14.8 Å². The van der Waals surface area contributed by atoms with Crippen molar-refractivity contribution in [2.75, 3.05) is 18.4 Å². The number of likely N-dealkylation sites (tertiary alicyclic amines) is 1. The molecule has 6 rings (SSSR count). The molecule has 0 radical (unpaired) electrons. The first-order valence-corrected chi connectivity index (χ1v) is 11.8. The second-order valence-electron chi connectivity index (χ2n) is 9.36. The van der Waals surface area contributed by atoms with Gasteiger partial charge in [-0.25, -0.2) is 15.0 Å². The molecule has 0 bridgehead atoms. The average Bonchev–Trinajstić information content (AvgIpc) is 3.53. The Labute approximate surface area is 192 Å². The number of fused-ring (bicyclic) bond motifs is 1. The summed E-state index contributed by atoms with van der Waals surface area (Å²) in [5.74, 6) is 1.48. The second kappa shape index (κ2) is 7.95. The molecule has 2 N–H and O–H groups in total. The molecule has 8 nitrogen and oxygen atoms in total. The third-order valence-electron chi connectivity index (χ3n) is 7.22. The first-order chi connectivity index (χ1) is 16.1. The van der Waals surface area contributed by atoms with E-state index >= 15 is 0 Å². The van der Waals surface area contributed by atoms with Gasteiger partial charge in [-0.3, -0.25) is 4.90 Å². The number of nitrogens with zero attached hydrogens (tertiary/aromatic N) is 5. The fraction of sp³-hybridized carbons (Fsp3) is 0.440. The predicted molar refractivity (Wildman–Crippen MR) is 128 cm³/mol. The van der Waals surface area contributed by atoms with Crippen LogP contribution in [0.5, 0.6) is 0 Å². The summed E-state index contributed by atoms with van der Waals surface area (Å²) in [5.41, 5.74) is 6.48. The van der Waals surface area contributed by atoms with Gasteiger partial charge in [-0.15, -0.1) is 0 Å². The first-order valence-electron chi connectivity index (χ1n) is 11.8. The molecule has 1 saturated heterocycles. The van der Waals surface area contributed by atoms with Crippen LogP contribution in [0.2, 0.25) is 0 Å². The zero-order chi connectivity index (χ0) is 22.5. The van der Waals surface area contributed by atoms with Gasteiger partial charge >= 0.3 is 0 Å². The summed E-state index contributed by atoms with van der Waals surface area (Å²) >= 11 is 0. The highest BCUT2D eigenvalue weighted by molar-refractivity contribution is 5.94. The largest absolute Gasteiger partial charge is 0.361 e. The molecule has 8 heteroatoms. The van der Waals surface area contributed by atoms with E-state index in [4.69, 9.17) is 14.5 Å².